The van der Waals surface area contributed by atoms with Crippen LogP contribution in [0.4, 0.5) is 0 Å². The first-order valence-corrected chi connectivity index (χ1v) is 10.8. The number of aromatic nitrogens is 3. The zero-order valence-corrected chi connectivity index (χ0v) is 16.7. The second kappa shape index (κ2) is 7.26. The van der Waals surface area contributed by atoms with Gasteiger partial charge in [0.25, 0.3) is 5.91 Å². The number of piperidine rings is 1. The van der Waals surface area contributed by atoms with Crippen molar-refractivity contribution in [1.82, 2.24) is 19.7 Å². The molecule has 2 aromatic rings. The van der Waals surface area contributed by atoms with E-state index in [0.29, 0.717) is 18.4 Å². The van der Waals surface area contributed by atoms with Crippen LogP contribution in [0.1, 0.15) is 42.0 Å². The summed E-state index contributed by atoms with van der Waals surface area (Å²) in [5.74, 6) is 0.324. The molecule has 0 radical (unpaired) electrons. The van der Waals surface area contributed by atoms with Gasteiger partial charge in [-0.1, -0.05) is 49.0 Å². The summed E-state index contributed by atoms with van der Waals surface area (Å²) in [6.07, 6.45) is 2.38. The summed E-state index contributed by atoms with van der Waals surface area (Å²) in [4.78, 5) is 20.1. The molecular formula is C20H24N4O3S. The summed E-state index contributed by atoms with van der Waals surface area (Å²) < 4.78 is 13.3. The predicted octanol–water partition coefficient (Wildman–Crippen LogP) is 2.54. The maximum atomic E-state index is 13.2. The molecule has 1 aromatic heterocycles. The molecule has 8 heteroatoms. The standard InChI is InChI=1S/C20H24N4O3S/c1-2-15-21-19-24(22-15)18(25)17(28-19)16(14-6-4-3-5-7-14)23-10-8-20(9-11-23)26-12-13-27-20/h3-7,16-17H,2,8-13H2,1H3. The highest BCUT2D eigenvalue weighted by atomic mass is 32.2. The molecule has 28 heavy (non-hydrogen) atoms. The normalized spacial score (nSPS) is 25.3. The van der Waals surface area contributed by atoms with Crippen LogP contribution >= 0.6 is 11.8 Å². The molecule has 5 rings (SSSR count). The van der Waals surface area contributed by atoms with Gasteiger partial charge in [0.05, 0.1) is 19.3 Å². The van der Waals surface area contributed by atoms with Gasteiger partial charge in [0, 0.05) is 32.4 Å². The minimum atomic E-state index is -0.422. The smallest absolute Gasteiger partial charge is 0.264 e. The van der Waals surface area contributed by atoms with Crippen LogP contribution in [0.25, 0.3) is 0 Å². The Hall–Kier alpha value is -1.74. The first-order chi connectivity index (χ1) is 13.7. The van der Waals surface area contributed by atoms with Gasteiger partial charge in [-0.3, -0.25) is 9.69 Å². The molecule has 7 nitrogen and oxygen atoms in total. The first-order valence-electron chi connectivity index (χ1n) is 9.93. The lowest BCUT2D eigenvalue weighted by atomic mass is 9.96. The molecule has 0 amide bonds. The fraction of sp³-hybridized carbons (Fsp3) is 0.550. The van der Waals surface area contributed by atoms with Gasteiger partial charge < -0.3 is 9.47 Å². The molecule has 4 heterocycles. The van der Waals surface area contributed by atoms with Gasteiger partial charge in [-0.2, -0.15) is 4.68 Å². The summed E-state index contributed by atoms with van der Waals surface area (Å²) in [5.41, 5.74) is 1.15. The van der Waals surface area contributed by atoms with Crippen LogP contribution in [-0.2, 0) is 15.9 Å². The largest absolute Gasteiger partial charge is 0.347 e. The van der Waals surface area contributed by atoms with Crippen molar-refractivity contribution < 1.29 is 14.3 Å². The van der Waals surface area contributed by atoms with Gasteiger partial charge in [0.2, 0.25) is 0 Å². The topological polar surface area (TPSA) is 69.5 Å². The number of aryl methyl sites for hydroxylation is 1. The van der Waals surface area contributed by atoms with Crippen LogP contribution in [0.2, 0.25) is 0 Å². The Bertz CT molecular complexity index is 856. The highest BCUT2D eigenvalue weighted by molar-refractivity contribution is 8.00. The van der Waals surface area contributed by atoms with E-state index < -0.39 is 5.79 Å². The zero-order chi connectivity index (χ0) is 19.1. The van der Waals surface area contributed by atoms with E-state index in [1.165, 1.54) is 16.4 Å². The van der Waals surface area contributed by atoms with E-state index in [1.54, 1.807) is 0 Å². The van der Waals surface area contributed by atoms with Crippen LogP contribution in [0, 0.1) is 0 Å². The molecule has 1 spiro atoms. The van der Waals surface area contributed by atoms with Crippen LogP contribution in [0.5, 0.6) is 0 Å². The van der Waals surface area contributed by atoms with E-state index >= 15 is 0 Å². The number of hydrogen-bond donors (Lipinski definition) is 0. The second-order valence-electron chi connectivity index (χ2n) is 7.45. The van der Waals surface area contributed by atoms with Crippen molar-refractivity contribution in [2.75, 3.05) is 26.3 Å². The maximum absolute atomic E-state index is 13.2. The Morgan fingerprint density at radius 2 is 1.93 bits per heavy atom. The number of fused-ring (bicyclic) bond motifs is 1. The molecule has 2 unspecified atom stereocenters. The number of likely N-dealkylation sites (tertiary alicyclic amines) is 1. The molecule has 148 valence electrons. The number of carbonyl (C=O) groups excluding carboxylic acids is 1. The Balaban J connectivity index is 1.42. The molecule has 2 saturated heterocycles. The monoisotopic (exact) mass is 400 g/mol. The molecular weight excluding hydrogens is 376 g/mol. The van der Waals surface area contributed by atoms with Crippen molar-refractivity contribution in [3.05, 3.63) is 41.7 Å². The third-order valence-electron chi connectivity index (χ3n) is 5.82. The van der Waals surface area contributed by atoms with Crippen molar-refractivity contribution in [1.29, 1.82) is 0 Å². The van der Waals surface area contributed by atoms with Crippen molar-refractivity contribution in [2.45, 2.75) is 48.4 Å². The van der Waals surface area contributed by atoms with Gasteiger partial charge in [0.15, 0.2) is 16.8 Å². The number of benzene rings is 1. The lowest BCUT2D eigenvalue weighted by Crippen LogP contribution is -2.49. The van der Waals surface area contributed by atoms with Crippen molar-refractivity contribution in [3.63, 3.8) is 0 Å². The Kier molecular flexibility index (Phi) is 4.74. The van der Waals surface area contributed by atoms with Gasteiger partial charge >= 0.3 is 0 Å². The number of thioether (sulfide) groups is 1. The molecule has 0 bridgehead atoms. The van der Waals surface area contributed by atoms with Crippen molar-refractivity contribution in [3.8, 4) is 0 Å². The van der Waals surface area contributed by atoms with Crippen molar-refractivity contribution >= 4 is 17.7 Å². The fourth-order valence-corrected chi connectivity index (χ4v) is 5.62. The highest BCUT2D eigenvalue weighted by Gasteiger charge is 2.46. The molecule has 0 N–H and O–H groups in total. The molecule has 3 aliphatic rings. The van der Waals surface area contributed by atoms with E-state index in [4.69, 9.17) is 9.47 Å². The summed E-state index contributed by atoms with van der Waals surface area (Å²) >= 11 is 1.54. The van der Waals surface area contributed by atoms with Gasteiger partial charge in [-0.15, -0.1) is 5.10 Å². The summed E-state index contributed by atoms with van der Waals surface area (Å²) in [6.45, 7) is 5.01. The third kappa shape index (κ3) is 3.08. The van der Waals surface area contributed by atoms with E-state index in [1.807, 2.05) is 25.1 Å². The lowest BCUT2D eigenvalue weighted by Gasteiger charge is -2.42. The number of nitrogens with zero attached hydrogens (tertiary/aromatic N) is 4. The molecule has 3 aliphatic heterocycles. The van der Waals surface area contributed by atoms with Gasteiger partial charge in [0.1, 0.15) is 5.25 Å². The average Bonchev–Trinajstić information content (AvgIpc) is 3.42. The Labute approximate surface area is 168 Å². The highest BCUT2D eigenvalue weighted by Crippen LogP contribution is 2.43. The minimum Gasteiger partial charge on any atom is -0.347 e. The number of rotatable bonds is 4. The summed E-state index contributed by atoms with van der Waals surface area (Å²) in [7, 11) is 0. The average molecular weight is 401 g/mol. The first kappa shape index (κ1) is 18.3. The van der Waals surface area contributed by atoms with E-state index in [0.717, 1.165) is 43.7 Å². The van der Waals surface area contributed by atoms with E-state index in [-0.39, 0.29) is 17.2 Å². The fourth-order valence-electron chi connectivity index (χ4n) is 4.35. The molecule has 0 aliphatic carbocycles. The van der Waals surface area contributed by atoms with Gasteiger partial charge in [-0.05, 0) is 5.56 Å². The summed E-state index contributed by atoms with van der Waals surface area (Å²) in [5, 5.41) is 4.86. The summed E-state index contributed by atoms with van der Waals surface area (Å²) in [6, 6.07) is 10.3. The molecule has 1 aromatic carbocycles. The van der Waals surface area contributed by atoms with E-state index in [9.17, 15) is 4.79 Å². The zero-order valence-electron chi connectivity index (χ0n) is 15.9. The van der Waals surface area contributed by atoms with Crippen LogP contribution in [0.3, 0.4) is 0 Å². The van der Waals surface area contributed by atoms with Crippen LogP contribution in [0.15, 0.2) is 35.5 Å². The van der Waals surface area contributed by atoms with Gasteiger partial charge in [-0.25, -0.2) is 4.98 Å². The Morgan fingerprint density at radius 3 is 2.57 bits per heavy atom. The number of hydrogen-bond acceptors (Lipinski definition) is 7. The van der Waals surface area contributed by atoms with Crippen molar-refractivity contribution in [2.24, 2.45) is 0 Å². The number of carbonyl (C=O) groups is 1. The second-order valence-corrected chi connectivity index (χ2v) is 8.56. The molecule has 0 saturated carbocycles. The maximum Gasteiger partial charge on any atom is 0.264 e. The molecule has 2 atom stereocenters. The lowest BCUT2D eigenvalue weighted by molar-refractivity contribution is -0.187. The third-order valence-corrected chi connectivity index (χ3v) is 7.01. The van der Waals surface area contributed by atoms with E-state index in [2.05, 4.69) is 27.1 Å². The van der Waals surface area contributed by atoms with Crippen LogP contribution in [-0.4, -0.2) is 62.9 Å². The number of ether oxygens (including phenoxy) is 2. The van der Waals surface area contributed by atoms with Crippen LogP contribution < -0.4 is 0 Å². The quantitative estimate of drug-likeness (QED) is 0.781. The Morgan fingerprint density at radius 1 is 1.21 bits per heavy atom. The minimum absolute atomic E-state index is 0.0222. The molecule has 2 fully saturated rings. The predicted molar refractivity (Wildman–Crippen MR) is 104 cm³/mol. The SMILES string of the molecule is CCc1nc2n(n1)C(=O)C(C(c1ccccc1)N1CCC3(CC1)OCCO3)S2.